The van der Waals surface area contributed by atoms with Gasteiger partial charge in [-0.2, -0.15) is 48.5 Å². The second kappa shape index (κ2) is 14.7. The molecule has 0 bridgehead atoms. The number of rotatable bonds is 5. The fraction of sp³-hybridized carbons (Fsp3) is 0.324. The third-order valence-electron chi connectivity index (χ3n) is 8.94. The van der Waals surface area contributed by atoms with Gasteiger partial charge >= 0.3 is 20.1 Å². The van der Waals surface area contributed by atoms with Gasteiger partial charge in [-0.3, -0.25) is 0 Å². The van der Waals surface area contributed by atoms with E-state index in [9.17, 15) is 4.57 Å². The van der Waals surface area contributed by atoms with Gasteiger partial charge in [-0.05, 0) is 50.2 Å². The summed E-state index contributed by atoms with van der Waals surface area (Å²) in [4.78, 5) is 4.13. The Kier molecular flexibility index (Phi) is 10.8. The third-order valence-corrected chi connectivity index (χ3v) is 13.2. The average molecular weight is 752 g/mol. The normalized spacial score (nSPS) is 17.9. The molecule has 0 saturated heterocycles. The van der Waals surface area contributed by atoms with Crippen molar-refractivity contribution in [2.45, 2.75) is 75.5 Å². The Balaban J connectivity index is 0.000000173. The molecule has 0 aromatic heterocycles. The Labute approximate surface area is 265 Å². The van der Waals surface area contributed by atoms with Gasteiger partial charge in [-0.1, -0.05) is 80.2 Å². The van der Waals surface area contributed by atoms with E-state index in [0.717, 1.165) is 42.4 Å². The van der Waals surface area contributed by atoms with Crippen LogP contribution >= 0.6 is 7.14 Å². The van der Waals surface area contributed by atoms with Crippen LogP contribution in [0.4, 0.5) is 11.4 Å². The maximum atomic E-state index is 14.7. The van der Waals surface area contributed by atoms with Gasteiger partial charge in [0, 0.05) is 17.0 Å². The number of benzene rings is 4. The molecule has 2 fully saturated rings. The smallest absolute Gasteiger partial charge is 0.500 e. The largest absolute Gasteiger partial charge is 3.00 e. The second-order valence-electron chi connectivity index (χ2n) is 11.5. The van der Waals surface area contributed by atoms with Crippen LogP contribution in [-0.2, 0) is 24.7 Å². The van der Waals surface area contributed by atoms with Crippen LogP contribution < -0.4 is 15.1 Å². The van der Waals surface area contributed by atoms with Crippen LogP contribution in [0.25, 0.3) is 10.8 Å². The molecule has 7 rings (SSSR count). The van der Waals surface area contributed by atoms with Crippen LogP contribution in [0.1, 0.15) is 64.2 Å². The Morgan fingerprint density at radius 3 is 1.93 bits per heavy atom. The molecule has 218 valence electrons. The van der Waals surface area contributed by atoms with Crippen molar-refractivity contribution in [3.63, 3.8) is 0 Å². The topological polar surface area (TPSA) is 23.6 Å². The van der Waals surface area contributed by atoms with Crippen molar-refractivity contribution in [3.8, 4) is 0 Å². The number of fused-ring (bicyclic) bond motifs is 1. The van der Waals surface area contributed by atoms with Gasteiger partial charge in [-0.25, -0.2) is 0 Å². The molecule has 0 N–H and O–H groups in total. The summed E-state index contributed by atoms with van der Waals surface area (Å²) < 4.78 is 14.7. The maximum absolute atomic E-state index is 14.7. The molecule has 4 aromatic carbocycles. The van der Waals surface area contributed by atoms with Gasteiger partial charge < -0.3 is 14.4 Å². The minimum Gasteiger partial charge on any atom is -0.500 e. The van der Waals surface area contributed by atoms with Gasteiger partial charge in [0.1, 0.15) is 0 Å². The molecule has 0 amide bonds. The zero-order valence-corrected chi connectivity index (χ0v) is 27.5. The van der Waals surface area contributed by atoms with Crippen molar-refractivity contribution in [1.29, 1.82) is 0 Å². The minimum atomic E-state index is -2.42. The number of hydrogen-bond donors (Lipinski definition) is 0. The van der Waals surface area contributed by atoms with Crippen LogP contribution in [0.3, 0.4) is 0 Å². The Morgan fingerprint density at radius 1 is 0.643 bits per heavy atom. The summed E-state index contributed by atoms with van der Waals surface area (Å²) in [6, 6.07) is 37.5. The molecule has 0 spiro atoms. The first-order chi connectivity index (χ1) is 20.2. The molecule has 3 nitrogen and oxygen atoms in total. The number of anilines is 2. The second-order valence-corrected chi connectivity index (χ2v) is 14.8. The minimum absolute atomic E-state index is 0. The number of hydrogen-bond acceptors (Lipinski definition) is 3. The van der Waals surface area contributed by atoms with E-state index in [2.05, 4.69) is 59.5 Å². The van der Waals surface area contributed by atoms with Gasteiger partial charge in [0.05, 0.1) is 7.14 Å². The van der Waals surface area contributed by atoms with E-state index in [-0.39, 0.29) is 20.1 Å². The van der Waals surface area contributed by atoms with E-state index in [0.29, 0.717) is 11.3 Å². The van der Waals surface area contributed by atoms with E-state index in [1.807, 2.05) is 72.5 Å². The monoisotopic (exact) mass is 752 g/mol. The molecule has 2 aliphatic carbocycles. The fourth-order valence-corrected chi connectivity index (χ4v) is 11.3. The molecule has 5 heteroatoms. The van der Waals surface area contributed by atoms with Crippen molar-refractivity contribution >= 4 is 34.6 Å². The molecule has 0 atom stereocenters. The average Bonchev–Trinajstić information content (AvgIpc) is 3.57. The summed E-state index contributed by atoms with van der Waals surface area (Å²) in [5, 5.41) is 3.50. The predicted molar refractivity (Wildman–Crippen MR) is 174 cm³/mol. The van der Waals surface area contributed by atoms with Crippen molar-refractivity contribution in [1.82, 2.24) is 0 Å². The molecule has 2 saturated carbocycles. The number of para-hydroxylation sites is 2. The molecule has 1 aliphatic heterocycles. The van der Waals surface area contributed by atoms with Crippen molar-refractivity contribution < 1.29 is 24.7 Å². The zero-order valence-electron chi connectivity index (χ0n) is 24.2. The summed E-state index contributed by atoms with van der Waals surface area (Å²) in [5.41, 5.74) is 3.00. The van der Waals surface area contributed by atoms with Gasteiger partial charge in [-0.15, -0.1) is 29.2 Å². The van der Waals surface area contributed by atoms with Crippen LogP contribution in [0.2, 0.25) is 0 Å². The van der Waals surface area contributed by atoms with Crippen LogP contribution in [0.15, 0.2) is 103 Å². The van der Waals surface area contributed by atoms with Gasteiger partial charge in [0.15, 0.2) is 0 Å². The van der Waals surface area contributed by atoms with E-state index < -0.39 is 7.14 Å². The molecule has 3 aliphatic rings. The summed E-state index contributed by atoms with van der Waals surface area (Å²) in [6.45, 7) is 2.04. The quantitative estimate of drug-likeness (QED) is 0.150. The van der Waals surface area contributed by atoms with Crippen molar-refractivity contribution in [3.05, 3.63) is 122 Å². The predicted octanol–water partition coefficient (Wildman–Crippen LogP) is 9.70. The summed E-state index contributed by atoms with van der Waals surface area (Å²) in [6.07, 6.45) is 16.4. The first kappa shape index (κ1) is 30.8. The van der Waals surface area contributed by atoms with E-state index in [4.69, 9.17) is 0 Å². The maximum Gasteiger partial charge on any atom is 3.00 e. The van der Waals surface area contributed by atoms with Gasteiger partial charge in [0.2, 0.25) is 0 Å². The Hall–Kier alpha value is -2.64. The molecular formula is C37H40IrN2OP. The first-order valence-electron chi connectivity index (χ1n) is 15.3. The Morgan fingerprint density at radius 2 is 1.26 bits per heavy atom. The summed E-state index contributed by atoms with van der Waals surface area (Å²) in [7, 11) is -2.42. The third kappa shape index (κ3) is 6.78. The van der Waals surface area contributed by atoms with E-state index >= 15 is 0 Å². The Bertz CT molecular complexity index is 1400. The molecule has 42 heavy (non-hydrogen) atoms. The summed E-state index contributed by atoms with van der Waals surface area (Å²) >= 11 is 0. The first-order valence-corrected chi connectivity index (χ1v) is 17.2. The van der Waals surface area contributed by atoms with Gasteiger partial charge in [0.25, 0.3) is 0 Å². The SMILES string of the molecule is O=P(c1[c-]ccc2ccccc12)(C1CCCCC1)C1CCCCC1.[Ir+3].[c-]1ccccc1N1C=CN(c2ccccc2)[CH-]1. The number of nitrogens with zero attached hydrogens (tertiary/aromatic N) is 2. The molecule has 1 heterocycles. The van der Waals surface area contributed by atoms with E-state index in [1.54, 1.807) is 0 Å². The molecule has 0 unspecified atom stereocenters. The molecule has 4 aromatic rings. The molecule has 0 radical (unpaired) electrons. The fourth-order valence-electron chi connectivity index (χ4n) is 6.82. The van der Waals surface area contributed by atoms with Crippen LogP contribution in [0.5, 0.6) is 0 Å². The van der Waals surface area contributed by atoms with E-state index in [1.165, 1.54) is 49.3 Å². The standard InChI is InChI=1S/C22H28OP.C15H12N2.Ir/c23-24(19-12-3-1-4-13-19,20-14-5-2-6-15-20)22-17-9-11-18-10-7-8-16-21(18)22;1-3-7-14(8-4-1)16-11-12-17(13-16)15-9-5-2-6-10-15;/h7-11,16,19-20H,1-6,12-15H2;1-9,11-13H;/q-1;-2;+3. The molecular weight excluding hydrogens is 712 g/mol. The van der Waals surface area contributed by atoms with Crippen molar-refractivity contribution in [2.75, 3.05) is 9.80 Å². The van der Waals surface area contributed by atoms with Crippen LogP contribution in [-0.4, -0.2) is 11.3 Å². The van der Waals surface area contributed by atoms with Crippen molar-refractivity contribution in [2.24, 2.45) is 0 Å². The van der Waals surface area contributed by atoms with Crippen LogP contribution in [0, 0.1) is 18.8 Å². The zero-order chi connectivity index (χ0) is 27.9. The summed E-state index contributed by atoms with van der Waals surface area (Å²) in [5.74, 6) is 0.